The van der Waals surface area contributed by atoms with Gasteiger partial charge < -0.3 is 20.1 Å². The minimum Gasteiger partial charge on any atom is -0.494 e. The van der Waals surface area contributed by atoms with E-state index in [1.807, 2.05) is 50.2 Å². The highest BCUT2D eigenvalue weighted by Crippen LogP contribution is 2.37. The lowest BCUT2D eigenvalue weighted by atomic mass is 10.0. The summed E-state index contributed by atoms with van der Waals surface area (Å²) >= 11 is 0. The number of anilines is 2. The number of carbonyl (C=O) groups is 1. The number of rotatable bonds is 6. The molecule has 0 aliphatic carbocycles. The lowest BCUT2D eigenvalue weighted by Crippen LogP contribution is -2.48. The second-order valence-electron chi connectivity index (χ2n) is 6.51. The Kier molecular flexibility index (Phi) is 5.12. The zero-order chi connectivity index (χ0) is 17.8. The molecule has 0 saturated carbocycles. The van der Waals surface area contributed by atoms with Crippen LogP contribution in [0, 0.1) is 5.92 Å². The standard InChI is InChI=1S/C20H24N2O3/c1-14(2)19-20(23)22(17-13-15(21)9-10-18(17)25-19)11-6-12-24-16-7-4-3-5-8-16/h3-5,7-10,13-14,19H,6,11-12,21H2,1-2H3. The van der Waals surface area contributed by atoms with Crippen molar-refractivity contribution in [3.05, 3.63) is 48.5 Å². The molecule has 2 aromatic rings. The van der Waals surface area contributed by atoms with Crippen LogP contribution >= 0.6 is 0 Å². The second-order valence-corrected chi connectivity index (χ2v) is 6.51. The van der Waals surface area contributed by atoms with Crippen molar-refractivity contribution in [1.29, 1.82) is 0 Å². The Morgan fingerprint density at radius 1 is 1.20 bits per heavy atom. The molecule has 0 spiro atoms. The molecule has 3 rings (SSSR count). The van der Waals surface area contributed by atoms with Crippen molar-refractivity contribution in [1.82, 2.24) is 0 Å². The van der Waals surface area contributed by atoms with Crippen molar-refractivity contribution >= 4 is 17.3 Å². The van der Waals surface area contributed by atoms with Crippen molar-refractivity contribution in [3.63, 3.8) is 0 Å². The normalized spacial score (nSPS) is 16.5. The second kappa shape index (κ2) is 7.47. The van der Waals surface area contributed by atoms with Crippen LogP contribution in [-0.4, -0.2) is 25.2 Å². The summed E-state index contributed by atoms with van der Waals surface area (Å²) in [6, 6.07) is 15.1. The summed E-state index contributed by atoms with van der Waals surface area (Å²) in [6.07, 6.45) is 0.255. The highest BCUT2D eigenvalue weighted by Gasteiger charge is 2.36. The average Bonchev–Trinajstić information content (AvgIpc) is 2.60. The summed E-state index contributed by atoms with van der Waals surface area (Å²) in [5.74, 6) is 1.62. The van der Waals surface area contributed by atoms with E-state index in [1.54, 1.807) is 17.0 Å². The smallest absolute Gasteiger partial charge is 0.268 e. The minimum absolute atomic E-state index is 0.0205. The molecule has 2 N–H and O–H groups in total. The average molecular weight is 340 g/mol. The molecular formula is C20H24N2O3. The molecule has 1 amide bonds. The van der Waals surface area contributed by atoms with Crippen LogP contribution in [0.2, 0.25) is 0 Å². The van der Waals surface area contributed by atoms with Gasteiger partial charge in [0.1, 0.15) is 11.5 Å². The first kappa shape index (κ1) is 17.1. The Hall–Kier alpha value is -2.69. The van der Waals surface area contributed by atoms with Crippen LogP contribution in [0.1, 0.15) is 20.3 Å². The van der Waals surface area contributed by atoms with E-state index >= 15 is 0 Å². The molecule has 1 aliphatic rings. The van der Waals surface area contributed by atoms with E-state index in [1.165, 1.54) is 0 Å². The molecule has 0 aromatic heterocycles. The first-order chi connectivity index (χ1) is 12.1. The van der Waals surface area contributed by atoms with Crippen LogP contribution in [0.4, 0.5) is 11.4 Å². The molecule has 1 atom stereocenters. The van der Waals surface area contributed by atoms with E-state index in [4.69, 9.17) is 15.2 Å². The molecule has 1 unspecified atom stereocenters. The quantitative estimate of drug-likeness (QED) is 0.646. The fourth-order valence-electron chi connectivity index (χ4n) is 2.89. The SMILES string of the molecule is CC(C)C1Oc2ccc(N)cc2N(CCCOc2ccccc2)C1=O. The predicted molar refractivity (Wildman–Crippen MR) is 99.0 cm³/mol. The van der Waals surface area contributed by atoms with Crippen molar-refractivity contribution in [2.45, 2.75) is 26.4 Å². The maximum Gasteiger partial charge on any atom is 0.268 e. The molecule has 5 heteroatoms. The van der Waals surface area contributed by atoms with Gasteiger partial charge in [-0.05, 0) is 42.7 Å². The molecule has 0 fully saturated rings. The van der Waals surface area contributed by atoms with Crippen molar-refractivity contribution in [3.8, 4) is 11.5 Å². The fraction of sp³-hybridized carbons (Fsp3) is 0.350. The van der Waals surface area contributed by atoms with Gasteiger partial charge in [0, 0.05) is 12.2 Å². The number of amides is 1. The van der Waals surface area contributed by atoms with Gasteiger partial charge >= 0.3 is 0 Å². The van der Waals surface area contributed by atoms with Gasteiger partial charge in [0.05, 0.1) is 12.3 Å². The zero-order valence-corrected chi connectivity index (χ0v) is 14.6. The number of benzene rings is 2. The third-order valence-electron chi connectivity index (χ3n) is 4.18. The largest absolute Gasteiger partial charge is 0.494 e. The van der Waals surface area contributed by atoms with Gasteiger partial charge in [-0.15, -0.1) is 0 Å². The van der Waals surface area contributed by atoms with Crippen molar-refractivity contribution < 1.29 is 14.3 Å². The number of fused-ring (bicyclic) bond motifs is 1. The third kappa shape index (κ3) is 3.87. The molecule has 0 saturated heterocycles. The van der Waals surface area contributed by atoms with E-state index in [0.717, 1.165) is 17.9 Å². The topological polar surface area (TPSA) is 64.8 Å². The fourth-order valence-corrected chi connectivity index (χ4v) is 2.89. The van der Waals surface area contributed by atoms with E-state index in [-0.39, 0.29) is 11.8 Å². The Labute approximate surface area is 148 Å². The van der Waals surface area contributed by atoms with Gasteiger partial charge in [-0.25, -0.2) is 0 Å². The van der Waals surface area contributed by atoms with Gasteiger partial charge in [0.2, 0.25) is 0 Å². The molecule has 0 radical (unpaired) electrons. The Morgan fingerprint density at radius 3 is 2.68 bits per heavy atom. The van der Waals surface area contributed by atoms with Crippen LogP contribution in [0.3, 0.4) is 0 Å². The summed E-state index contributed by atoms with van der Waals surface area (Å²) in [7, 11) is 0. The molecule has 25 heavy (non-hydrogen) atoms. The van der Waals surface area contributed by atoms with Gasteiger partial charge in [-0.2, -0.15) is 0 Å². The lowest BCUT2D eigenvalue weighted by molar-refractivity contribution is -0.128. The number of nitrogens with zero attached hydrogens (tertiary/aromatic N) is 1. The number of hydrogen-bond donors (Lipinski definition) is 1. The van der Waals surface area contributed by atoms with Crippen LogP contribution < -0.4 is 20.1 Å². The van der Waals surface area contributed by atoms with E-state index < -0.39 is 6.10 Å². The van der Waals surface area contributed by atoms with Crippen LogP contribution in [0.5, 0.6) is 11.5 Å². The van der Waals surface area contributed by atoms with Crippen LogP contribution in [-0.2, 0) is 4.79 Å². The van der Waals surface area contributed by atoms with Crippen LogP contribution in [0.25, 0.3) is 0 Å². The van der Waals surface area contributed by atoms with E-state index in [2.05, 4.69) is 0 Å². The number of hydrogen-bond acceptors (Lipinski definition) is 4. The summed E-state index contributed by atoms with van der Waals surface area (Å²) < 4.78 is 11.6. The number of carbonyl (C=O) groups excluding carboxylic acids is 1. The molecule has 2 aromatic carbocycles. The molecule has 1 aliphatic heterocycles. The highest BCUT2D eigenvalue weighted by atomic mass is 16.5. The first-order valence-electron chi connectivity index (χ1n) is 8.61. The summed E-state index contributed by atoms with van der Waals surface area (Å²) in [5.41, 5.74) is 7.25. The Balaban J connectivity index is 1.70. The summed E-state index contributed by atoms with van der Waals surface area (Å²) in [4.78, 5) is 14.6. The number of nitrogens with two attached hydrogens (primary N) is 1. The van der Waals surface area contributed by atoms with Gasteiger partial charge in [-0.1, -0.05) is 32.0 Å². The summed E-state index contributed by atoms with van der Waals surface area (Å²) in [6.45, 7) is 5.08. The molecule has 5 nitrogen and oxygen atoms in total. The third-order valence-corrected chi connectivity index (χ3v) is 4.18. The lowest BCUT2D eigenvalue weighted by Gasteiger charge is -2.36. The molecular weight excluding hydrogens is 316 g/mol. The number of para-hydroxylation sites is 1. The van der Waals surface area contributed by atoms with Crippen LogP contribution in [0.15, 0.2) is 48.5 Å². The Morgan fingerprint density at radius 2 is 1.96 bits per heavy atom. The highest BCUT2D eigenvalue weighted by molar-refractivity contribution is 6.00. The van der Waals surface area contributed by atoms with Gasteiger partial charge in [-0.3, -0.25) is 4.79 Å². The monoisotopic (exact) mass is 340 g/mol. The zero-order valence-electron chi connectivity index (χ0n) is 14.6. The molecule has 1 heterocycles. The van der Waals surface area contributed by atoms with E-state index in [9.17, 15) is 4.79 Å². The maximum atomic E-state index is 12.8. The minimum atomic E-state index is -0.467. The first-order valence-corrected chi connectivity index (χ1v) is 8.61. The molecule has 0 bridgehead atoms. The molecule has 132 valence electrons. The van der Waals surface area contributed by atoms with Crippen molar-refractivity contribution in [2.75, 3.05) is 23.8 Å². The van der Waals surface area contributed by atoms with Gasteiger partial charge in [0.25, 0.3) is 5.91 Å². The predicted octanol–water partition coefficient (Wildman–Crippen LogP) is 3.49. The van der Waals surface area contributed by atoms with Crippen molar-refractivity contribution in [2.24, 2.45) is 5.92 Å². The number of ether oxygens (including phenoxy) is 2. The maximum absolute atomic E-state index is 12.8. The van der Waals surface area contributed by atoms with Gasteiger partial charge in [0.15, 0.2) is 6.10 Å². The van der Waals surface area contributed by atoms with E-state index in [0.29, 0.717) is 24.6 Å². The summed E-state index contributed by atoms with van der Waals surface area (Å²) in [5, 5.41) is 0. The Bertz CT molecular complexity index is 731. The number of nitrogen functional groups attached to an aromatic ring is 1.